The summed E-state index contributed by atoms with van der Waals surface area (Å²) in [5.41, 5.74) is 0. The second-order valence-corrected chi connectivity index (χ2v) is 5.79. The number of hydrogen-bond acceptors (Lipinski definition) is 3. The zero-order valence-electron chi connectivity index (χ0n) is 13.5. The van der Waals surface area contributed by atoms with Crippen LogP contribution in [0.25, 0.3) is 0 Å². The molecule has 0 saturated heterocycles. The molecule has 0 aromatic rings. The van der Waals surface area contributed by atoms with E-state index in [1.807, 2.05) is 7.11 Å². The zero-order valence-corrected chi connectivity index (χ0v) is 13.5. The molecule has 2 unspecified atom stereocenters. The summed E-state index contributed by atoms with van der Waals surface area (Å²) < 4.78 is 5.30. The van der Waals surface area contributed by atoms with Crippen molar-refractivity contribution in [2.24, 2.45) is 0 Å². The van der Waals surface area contributed by atoms with Gasteiger partial charge >= 0.3 is 0 Å². The van der Waals surface area contributed by atoms with E-state index in [9.17, 15) is 0 Å². The fraction of sp³-hybridized carbons (Fsp3) is 1.00. The molecule has 114 valence electrons. The molecule has 0 radical (unpaired) electrons. The number of rotatable bonds is 12. The highest BCUT2D eigenvalue weighted by Crippen LogP contribution is 2.31. The lowest BCUT2D eigenvalue weighted by atomic mass is 9.98. The van der Waals surface area contributed by atoms with Crippen molar-refractivity contribution in [3.63, 3.8) is 0 Å². The minimum absolute atomic E-state index is 0.646. The van der Waals surface area contributed by atoms with Gasteiger partial charge in [-0.1, -0.05) is 27.2 Å². The van der Waals surface area contributed by atoms with Crippen molar-refractivity contribution in [1.29, 1.82) is 0 Å². The second-order valence-electron chi connectivity index (χ2n) is 5.79. The van der Waals surface area contributed by atoms with Gasteiger partial charge in [0.05, 0.1) is 6.61 Å². The lowest BCUT2D eigenvalue weighted by molar-refractivity contribution is 0.0908. The monoisotopic (exact) mass is 270 g/mol. The molecule has 3 heteroatoms. The summed E-state index contributed by atoms with van der Waals surface area (Å²) in [6, 6.07) is 2.14. The number of methoxy groups -OCH3 is 1. The van der Waals surface area contributed by atoms with E-state index in [0.717, 1.165) is 25.7 Å². The van der Waals surface area contributed by atoms with Gasteiger partial charge in [-0.15, -0.1) is 0 Å². The average Bonchev–Trinajstić information content (AvgIpc) is 3.24. The van der Waals surface area contributed by atoms with Crippen LogP contribution in [0, 0.1) is 0 Å². The maximum atomic E-state index is 5.30. The van der Waals surface area contributed by atoms with Crippen LogP contribution in [0.5, 0.6) is 0 Å². The molecule has 0 bridgehead atoms. The Kier molecular flexibility index (Phi) is 8.67. The summed E-state index contributed by atoms with van der Waals surface area (Å²) in [4.78, 5) is 2.71. The lowest BCUT2D eigenvalue weighted by Crippen LogP contribution is -2.51. The molecule has 1 rings (SSSR count). The van der Waals surface area contributed by atoms with E-state index in [1.165, 1.54) is 38.5 Å². The number of nitrogens with one attached hydrogen (secondary N) is 1. The number of ether oxygens (including phenoxy) is 1. The molecule has 3 nitrogen and oxygen atoms in total. The molecule has 0 amide bonds. The predicted octanol–water partition coefficient (Wildman–Crippen LogP) is 3.04. The number of nitrogens with zero attached hydrogens (tertiary/aromatic N) is 1. The summed E-state index contributed by atoms with van der Waals surface area (Å²) >= 11 is 0. The highest BCUT2D eigenvalue weighted by Gasteiger charge is 2.35. The van der Waals surface area contributed by atoms with Crippen molar-refractivity contribution in [3.05, 3.63) is 0 Å². The molecule has 0 aromatic carbocycles. The minimum atomic E-state index is 0.646. The highest BCUT2D eigenvalue weighted by molar-refractivity contribution is 4.93. The molecule has 2 atom stereocenters. The van der Waals surface area contributed by atoms with E-state index in [2.05, 4.69) is 31.0 Å². The van der Waals surface area contributed by atoms with Gasteiger partial charge in [0, 0.05) is 31.8 Å². The molecule has 0 aliphatic heterocycles. The van der Waals surface area contributed by atoms with E-state index < -0.39 is 0 Å². The van der Waals surface area contributed by atoms with Crippen molar-refractivity contribution in [1.82, 2.24) is 10.2 Å². The van der Waals surface area contributed by atoms with Crippen molar-refractivity contribution in [2.45, 2.75) is 77.4 Å². The molecular formula is C16H34N2O. The first-order chi connectivity index (χ1) is 9.28. The van der Waals surface area contributed by atoms with Gasteiger partial charge in [-0.3, -0.25) is 4.90 Å². The van der Waals surface area contributed by atoms with Crippen molar-refractivity contribution >= 4 is 0 Å². The van der Waals surface area contributed by atoms with Crippen LogP contribution in [0.15, 0.2) is 0 Å². The van der Waals surface area contributed by atoms with Crippen LogP contribution in [0.4, 0.5) is 0 Å². The first-order valence-electron chi connectivity index (χ1n) is 8.26. The summed E-state index contributed by atoms with van der Waals surface area (Å²) in [6.07, 6.45) is 7.77. The van der Waals surface area contributed by atoms with Gasteiger partial charge in [-0.05, 0) is 38.6 Å². The Morgan fingerprint density at radius 1 is 1.21 bits per heavy atom. The summed E-state index contributed by atoms with van der Waals surface area (Å²) in [5, 5.41) is 3.78. The molecule has 1 aliphatic carbocycles. The lowest BCUT2D eigenvalue weighted by Gasteiger charge is -2.37. The molecule has 0 aromatic heterocycles. The minimum Gasteiger partial charge on any atom is -0.383 e. The van der Waals surface area contributed by atoms with Gasteiger partial charge in [0.2, 0.25) is 0 Å². The predicted molar refractivity (Wildman–Crippen MR) is 82.7 cm³/mol. The first kappa shape index (κ1) is 16.9. The topological polar surface area (TPSA) is 24.5 Å². The Bertz CT molecular complexity index is 219. The van der Waals surface area contributed by atoms with Crippen LogP contribution in [-0.4, -0.2) is 49.8 Å². The Hall–Kier alpha value is -0.120. The van der Waals surface area contributed by atoms with E-state index in [1.54, 1.807) is 0 Å². The zero-order chi connectivity index (χ0) is 14.1. The quantitative estimate of drug-likeness (QED) is 0.590. The Morgan fingerprint density at radius 3 is 2.42 bits per heavy atom. The Morgan fingerprint density at radius 2 is 1.95 bits per heavy atom. The maximum absolute atomic E-state index is 5.30. The van der Waals surface area contributed by atoms with Gasteiger partial charge in [0.1, 0.15) is 0 Å². The van der Waals surface area contributed by atoms with Gasteiger partial charge in [0.15, 0.2) is 0 Å². The number of hydrogen-bond donors (Lipinski definition) is 1. The van der Waals surface area contributed by atoms with E-state index in [0.29, 0.717) is 12.1 Å². The Labute approximate surface area is 120 Å². The third-order valence-corrected chi connectivity index (χ3v) is 4.13. The summed E-state index contributed by atoms with van der Waals surface area (Å²) in [6.45, 7) is 9.98. The third kappa shape index (κ3) is 5.80. The second kappa shape index (κ2) is 9.73. The summed E-state index contributed by atoms with van der Waals surface area (Å²) in [5.74, 6) is 0. The van der Waals surface area contributed by atoms with Gasteiger partial charge < -0.3 is 10.1 Å². The average molecular weight is 270 g/mol. The molecule has 1 fully saturated rings. The van der Waals surface area contributed by atoms with Crippen molar-refractivity contribution in [2.75, 3.05) is 26.8 Å². The first-order valence-corrected chi connectivity index (χ1v) is 8.26. The third-order valence-electron chi connectivity index (χ3n) is 4.13. The largest absolute Gasteiger partial charge is 0.383 e. The van der Waals surface area contributed by atoms with Crippen LogP contribution >= 0.6 is 0 Å². The van der Waals surface area contributed by atoms with Crippen LogP contribution in [0.2, 0.25) is 0 Å². The standard InChI is InChI=1S/C16H34N2O/c1-5-8-15(17-11-6-2)16(7-3)18(12-13-19-4)14-9-10-14/h14-17H,5-13H2,1-4H3. The molecule has 0 spiro atoms. The van der Waals surface area contributed by atoms with Gasteiger partial charge in [-0.2, -0.15) is 0 Å². The van der Waals surface area contributed by atoms with Crippen LogP contribution in [0.1, 0.15) is 59.3 Å². The molecule has 19 heavy (non-hydrogen) atoms. The van der Waals surface area contributed by atoms with E-state index in [-0.39, 0.29) is 0 Å². The SMILES string of the molecule is CCCNC(CCC)C(CC)N(CCOC)C1CC1. The summed E-state index contributed by atoms with van der Waals surface area (Å²) in [7, 11) is 1.81. The molecule has 1 aliphatic rings. The smallest absolute Gasteiger partial charge is 0.0589 e. The maximum Gasteiger partial charge on any atom is 0.0589 e. The fourth-order valence-electron chi connectivity index (χ4n) is 3.04. The molecule has 1 N–H and O–H groups in total. The Balaban J connectivity index is 2.61. The van der Waals surface area contributed by atoms with Gasteiger partial charge in [-0.25, -0.2) is 0 Å². The van der Waals surface area contributed by atoms with E-state index >= 15 is 0 Å². The van der Waals surface area contributed by atoms with Crippen LogP contribution in [0.3, 0.4) is 0 Å². The molecule has 1 saturated carbocycles. The van der Waals surface area contributed by atoms with Crippen LogP contribution in [-0.2, 0) is 4.74 Å². The van der Waals surface area contributed by atoms with Crippen LogP contribution < -0.4 is 5.32 Å². The van der Waals surface area contributed by atoms with Gasteiger partial charge in [0.25, 0.3) is 0 Å². The fourth-order valence-corrected chi connectivity index (χ4v) is 3.04. The highest BCUT2D eigenvalue weighted by atomic mass is 16.5. The normalized spacial score (nSPS) is 18.8. The van der Waals surface area contributed by atoms with Crippen molar-refractivity contribution in [3.8, 4) is 0 Å². The molecular weight excluding hydrogens is 236 g/mol. The van der Waals surface area contributed by atoms with Crippen molar-refractivity contribution < 1.29 is 4.74 Å². The van der Waals surface area contributed by atoms with E-state index in [4.69, 9.17) is 4.74 Å². The molecule has 0 heterocycles.